The number of anilines is 1. The van der Waals surface area contributed by atoms with Gasteiger partial charge in [0.1, 0.15) is 0 Å². The molecule has 0 aliphatic heterocycles. The first-order valence-corrected chi connectivity index (χ1v) is 8.37. The zero-order valence-electron chi connectivity index (χ0n) is 12.1. The van der Waals surface area contributed by atoms with E-state index in [1.54, 1.807) is 18.2 Å². The molecule has 2 aliphatic carbocycles. The Bertz CT molecular complexity index is 580. The summed E-state index contributed by atoms with van der Waals surface area (Å²) < 4.78 is 0. The SMILES string of the molecule is O=C(Nc1c(Cl)cccc1Cl)C1CC1C(=O)NC1CCCC1. The summed E-state index contributed by atoms with van der Waals surface area (Å²) in [7, 11) is 0. The number of carbonyl (C=O) groups is 2. The molecule has 118 valence electrons. The van der Waals surface area contributed by atoms with Crippen LogP contribution in [0.4, 0.5) is 5.69 Å². The van der Waals surface area contributed by atoms with E-state index in [2.05, 4.69) is 10.6 Å². The third-order valence-corrected chi connectivity index (χ3v) is 5.01. The van der Waals surface area contributed by atoms with E-state index in [1.807, 2.05) is 0 Å². The third kappa shape index (κ3) is 3.39. The molecule has 2 amide bonds. The molecule has 0 heterocycles. The maximum absolute atomic E-state index is 12.2. The molecule has 0 saturated heterocycles. The number of hydrogen-bond acceptors (Lipinski definition) is 2. The predicted molar refractivity (Wildman–Crippen MR) is 87.1 cm³/mol. The summed E-state index contributed by atoms with van der Waals surface area (Å²) in [6.45, 7) is 0. The highest BCUT2D eigenvalue weighted by molar-refractivity contribution is 6.39. The maximum Gasteiger partial charge on any atom is 0.228 e. The van der Waals surface area contributed by atoms with E-state index in [9.17, 15) is 9.59 Å². The van der Waals surface area contributed by atoms with Crippen molar-refractivity contribution in [1.82, 2.24) is 5.32 Å². The Balaban J connectivity index is 1.55. The molecule has 2 unspecified atom stereocenters. The van der Waals surface area contributed by atoms with Crippen molar-refractivity contribution in [2.75, 3.05) is 5.32 Å². The Kier molecular flexibility index (Phi) is 4.59. The summed E-state index contributed by atoms with van der Waals surface area (Å²) in [4.78, 5) is 24.3. The molecule has 0 aromatic heterocycles. The van der Waals surface area contributed by atoms with Crippen molar-refractivity contribution >= 4 is 40.7 Å². The molecule has 22 heavy (non-hydrogen) atoms. The van der Waals surface area contributed by atoms with Gasteiger partial charge in [-0.25, -0.2) is 0 Å². The molecule has 0 spiro atoms. The van der Waals surface area contributed by atoms with Crippen LogP contribution < -0.4 is 10.6 Å². The number of nitrogens with one attached hydrogen (secondary N) is 2. The molecule has 0 bridgehead atoms. The summed E-state index contributed by atoms with van der Waals surface area (Å²) in [5.41, 5.74) is 0.415. The van der Waals surface area contributed by atoms with Gasteiger partial charge in [-0.1, -0.05) is 42.1 Å². The van der Waals surface area contributed by atoms with E-state index in [1.165, 1.54) is 12.8 Å². The Morgan fingerprint density at radius 2 is 1.59 bits per heavy atom. The standard InChI is InChI=1S/C16H18Cl2N2O2/c17-12-6-3-7-13(18)14(12)20-16(22)11-8-10(11)15(21)19-9-4-1-2-5-9/h3,6-7,9-11H,1-2,4-5,8H2,(H,19,21)(H,20,22). The second-order valence-corrected chi connectivity index (χ2v) is 6.84. The topological polar surface area (TPSA) is 58.2 Å². The summed E-state index contributed by atoms with van der Waals surface area (Å²) in [6.07, 6.45) is 5.02. The van der Waals surface area contributed by atoms with Crippen molar-refractivity contribution in [2.45, 2.75) is 38.1 Å². The van der Waals surface area contributed by atoms with Crippen molar-refractivity contribution in [1.29, 1.82) is 0 Å². The predicted octanol–water partition coefficient (Wildman–Crippen LogP) is 3.63. The third-order valence-electron chi connectivity index (χ3n) is 4.38. The lowest BCUT2D eigenvalue weighted by atomic mass is 10.2. The minimum Gasteiger partial charge on any atom is -0.353 e. The number of halogens is 2. The van der Waals surface area contributed by atoms with Crippen LogP contribution >= 0.6 is 23.2 Å². The Morgan fingerprint density at radius 3 is 2.23 bits per heavy atom. The van der Waals surface area contributed by atoms with Crippen LogP contribution in [0.2, 0.25) is 10.0 Å². The molecular formula is C16H18Cl2N2O2. The van der Waals surface area contributed by atoms with Gasteiger partial charge >= 0.3 is 0 Å². The Labute approximate surface area is 139 Å². The zero-order valence-corrected chi connectivity index (χ0v) is 13.6. The first-order valence-electron chi connectivity index (χ1n) is 7.61. The summed E-state index contributed by atoms with van der Waals surface area (Å²) in [5.74, 6) is -0.700. The van der Waals surface area contributed by atoms with Crippen LogP contribution in [-0.2, 0) is 9.59 Å². The quantitative estimate of drug-likeness (QED) is 0.879. The first kappa shape index (κ1) is 15.6. The fourth-order valence-electron chi connectivity index (χ4n) is 2.99. The molecule has 2 atom stereocenters. The highest BCUT2D eigenvalue weighted by Crippen LogP contribution is 2.41. The molecular weight excluding hydrogens is 323 g/mol. The van der Waals surface area contributed by atoms with Crippen LogP contribution in [-0.4, -0.2) is 17.9 Å². The highest BCUT2D eigenvalue weighted by Gasteiger charge is 2.48. The van der Waals surface area contributed by atoms with E-state index < -0.39 is 0 Å². The van der Waals surface area contributed by atoms with Crippen molar-refractivity contribution in [3.63, 3.8) is 0 Å². The summed E-state index contributed by atoms with van der Waals surface area (Å²) >= 11 is 12.1. The van der Waals surface area contributed by atoms with Gasteiger partial charge in [0.25, 0.3) is 0 Å². The average Bonchev–Trinajstić information content (AvgIpc) is 3.14. The molecule has 0 radical (unpaired) electrons. The monoisotopic (exact) mass is 340 g/mol. The molecule has 2 aliphatic rings. The number of para-hydroxylation sites is 1. The molecule has 2 N–H and O–H groups in total. The van der Waals surface area contributed by atoms with Crippen LogP contribution in [0.15, 0.2) is 18.2 Å². The van der Waals surface area contributed by atoms with Crippen LogP contribution in [0.1, 0.15) is 32.1 Å². The fraction of sp³-hybridized carbons (Fsp3) is 0.500. The summed E-state index contributed by atoms with van der Waals surface area (Å²) in [6, 6.07) is 5.34. The van der Waals surface area contributed by atoms with E-state index in [4.69, 9.17) is 23.2 Å². The largest absolute Gasteiger partial charge is 0.353 e. The molecule has 1 aromatic rings. The second-order valence-electron chi connectivity index (χ2n) is 6.02. The lowest BCUT2D eigenvalue weighted by Crippen LogP contribution is -2.34. The smallest absolute Gasteiger partial charge is 0.228 e. The van der Waals surface area contributed by atoms with Gasteiger partial charge in [-0.15, -0.1) is 0 Å². The van der Waals surface area contributed by atoms with Crippen molar-refractivity contribution < 1.29 is 9.59 Å². The van der Waals surface area contributed by atoms with Gasteiger partial charge in [-0.05, 0) is 31.4 Å². The Hall–Kier alpha value is -1.26. The van der Waals surface area contributed by atoms with Gasteiger partial charge < -0.3 is 10.6 Å². The van der Waals surface area contributed by atoms with Crippen molar-refractivity contribution in [3.8, 4) is 0 Å². The zero-order chi connectivity index (χ0) is 15.7. The van der Waals surface area contributed by atoms with E-state index in [0.717, 1.165) is 12.8 Å². The van der Waals surface area contributed by atoms with Gasteiger partial charge in [0, 0.05) is 6.04 Å². The number of benzene rings is 1. The first-order chi connectivity index (χ1) is 10.6. The van der Waals surface area contributed by atoms with Crippen molar-refractivity contribution in [2.24, 2.45) is 11.8 Å². The molecule has 6 heteroatoms. The highest BCUT2D eigenvalue weighted by atomic mass is 35.5. The lowest BCUT2D eigenvalue weighted by molar-refractivity contribution is -0.125. The summed E-state index contributed by atoms with van der Waals surface area (Å²) in [5, 5.41) is 6.57. The number of hydrogen-bond donors (Lipinski definition) is 2. The maximum atomic E-state index is 12.2. The van der Waals surface area contributed by atoms with Crippen LogP contribution in [0.25, 0.3) is 0 Å². The van der Waals surface area contributed by atoms with Gasteiger partial charge in [0.05, 0.1) is 27.6 Å². The average molecular weight is 341 g/mol. The van der Waals surface area contributed by atoms with E-state index >= 15 is 0 Å². The van der Waals surface area contributed by atoms with Gasteiger partial charge in [-0.2, -0.15) is 0 Å². The van der Waals surface area contributed by atoms with E-state index in [0.29, 0.717) is 22.2 Å². The van der Waals surface area contributed by atoms with Gasteiger partial charge in [0.15, 0.2) is 0 Å². The molecule has 1 aromatic carbocycles. The fourth-order valence-corrected chi connectivity index (χ4v) is 3.48. The van der Waals surface area contributed by atoms with Crippen LogP contribution in [0, 0.1) is 11.8 Å². The van der Waals surface area contributed by atoms with E-state index in [-0.39, 0.29) is 29.7 Å². The minimum absolute atomic E-state index is 0.00249. The lowest BCUT2D eigenvalue weighted by Gasteiger charge is -2.12. The van der Waals surface area contributed by atoms with Crippen LogP contribution in [0.3, 0.4) is 0 Å². The van der Waals surface area contributed by atoms with Crippen molar-refractivity contribution in [3.05, 3.63) is 28.2 Å². The molecule has 2 fully saturated rings. The van der Waals surface area contributed by atoms with Gasteiger partial charge in [0.2, 0.25) is 11.8 Å². The Morgan fingerprint density at radius 1 is 1.00 bits per heavy atom. The number of amides is 2. The molecule has 3 rings (SSSR count). The molecule has 4 nitrogen and oxygen atoms in total. The second kappa shape index (κ2) is 6.47. The normalized spacial score (nSPS) is 24.1. The molecule has 2 saturated carbocycles. The number of rotatable bonds is 4. The minimum atomic E-state index is -0.284. The van der Waals surface area contributed by atoms with Crippen LogP contribution in [0.5, 0.6) is 0 Å². The van der Waals surface area contributed by atoms with Gasteiger partial charge in [-0.3, -0.25) is 9.59 Å². The number of carbonyl (C=O) groups excluding carboxylic acids is 2.